The van der Waals surface area contributed by atoms with E-state index in [1.165, 1.54) is 4.90 Å². The van der Waals surface area contributed by atoms with E-state index in [2.05, 4.69) is 10.6 Å². The van der Waals surface area contributed by atoms with E-state index in [9.17, 15) is 9.59 Å². The number of hydrogen-bond acceptors (Lipinski definition) is 3. The molecular formula is C26H26N2O3. The lowest BCUT2D eigenvalue weighted by Gasteiger charge is -2.29. The zero-order valence-electron chi connectivity index (χ0n) is 18.3. The Bertz CT molecular complexity index is 1200. The van der Waals surface area contributed by atoms with Gasteiger partial charge in [-0.15, -0.1) is 0 Å². The lowest BCUT2D eigenvalue weighted by molar-refractivity contribution is -0.112. The molecule has 1 aliphatic rings. The zero-order valence-corrected chi connectivity index (χ0v) is 18.3. The van der Waals surface area contributed by atoms with Crippen LogP contribution in [0.2, 0.25) is 0 Å². The molecule has 2 amide bonds. The number of carbonyl (C=O) groups excluding carboxylic acids is 2. The van der Waals surface area contributed by atoms with E-state index >= 15 is 0 Å². The average molecular weight is 415 g/mol. The molecule has 0 aliphatic carbocycles. The molecule has 5 nitrogen and oxygen atoms in total. The topological polar surface area (TPSA) is 51.5 Å². The predicted molar refractivity (Wildman–Crippen MR) is 123 cm³/mol. The van der Waals surface area contributed by atoms with Crippen LogP contribution in [0, 0.1) is 20.8 Å². The highest BCUT2D eigenvalue weighted by Gasteiger charge is 2.36. The maximum Gasteiger partial charge on any atom is 0.265 e. The maximum atomic E-state index is 13.6. The van der Waals surface area contributed by atoms with Gasteiger partial charge in [0.05, 0.1) is 12.3 Å². The zero-order chi connectivity index (χ0) is 22.1. The normalized spacial score (nSPS) is 15.0. The highest BCUT2D eigenvalue weighted by Crippen LogP contribution is 2.35. The number of amides is 2. The van der Waals surface area contributed by atoms with Crippen molar-refractivity contribution in [2.75, 3.05) is 18.6 Å². The van der Waals surface area contributed by atoms with Crippen molar-refractivity contribution >= 4 is 29.2 Å². The molecule has 0 bridgehead atoms. The standard InChI is InChI=1S/C26H26N2O3/c1-17-9-5-8-12-24(17)28-25(29)22-11-7-6-10-21(22)23(26(28)30)16-20-15-18(2)27(19(20)3)13-14-31-4/h5-12,15-16H,13-14H2,1-4H3. The Labute approximate surface area is 182 Å². The molecule has 158 valence electrons. The van der Waals surface area contributed by atoms with Crippen molar-refractivity contribution < 1.29 is 14.3 Å². The van der Waals surface area contributed by atoms with Crippen molar-refractivity contribution in [3.05, 3.63) is 88.2 Å². The SMILES string of the molecule is COCCn1c(C)cc(C=C2C(=O)N(c3ccccc3C)C(=O)c3ccccc32)c1C. The number of methoxy groups -OCH3 is 1. The van der Waals surface area contributed by atoms with Crippen LogP contribution >= 0.6 is 0 Å². The van der Waals surface area contributed by atoms with Crippen LogP contribution in [0.15, 0.2) is 54.6 Å². The Balaban J connectivity index is 1.88. The minimum Gasteiger partial charge on any atom is -0.383 e. The van der Waals surface area contributed by atoms with Crippen LogP contribution in [-0.4, -0.2) is 30.1 Å². The van der Waals surface area contributed by atoms with E-state index < -0.39 is 0 Å². The lowest BCUT2D eigenvalue weighted by Crippen LogP contribution is -2.42. The number of nitrogens with zero attached hydrogens (tertiary/aromatic N) is 2. The van der Waals surface area contributed by atoms with Gasteiger partial charge in [0.15, 0.2) is 0 Å². The molecule has 0 atom stereocenters. The molecule has 31 heavy (non-hydrogen) atoms. The molecule has 0 fully saturated rings. The number of fused-ring (bicyclic) bond motifs is 1. The van der Waals surface area contributed by atoms with Crippen LogP contribution in [-0.2, 0) is 16.1 Å². The van der Waals surface area contributed by atoms with Crippen molar-refractivity contribution in [1.82, 2.24) is 4.57 Å². The first kappa shape index (κ1) is 20.8. The summed E-state index contributed by atoms with van der Waals surface area (Å²) in [5.74, 6) is -0.600. The highest BCUT2D eigenvalue weighted by molar-refractivity contribution is 6.43. The Morgan fingerprint density at radius 1 is 0.903 bits per heavy atom. The van der Waals surface area contributed by atoms with Crippen LogP contribution in [0.25, 0.3) is 11.6 Å². The van der Waals surface area contributed by atoms with E-state index in [1.807, 2.05) is 69.3 Å². The fourth-order valence-electron chi connectivity index (χ4n) is 4.18. The van der Waals surface area contributed by atoms with Gasteiger partial charge in [-0.1, -0.05) is 36.4 Å². The molecule has 4 rings (SSSR count). The van der Waals surface area contributed by atoms with Crippen molar-refractivity contribution in [3.63, 3.8) is 0 Å². The molecule has 5 heteroatoms. The molecule has 0 saturated heterocycles. The first-order valence-electron chi connectivity index (χ1n) is 10.3. The number of hydrogen-bond donors (Lipinski definition) is 0. The van der Waals surface area contributed by atoms with Gasteiger partial charge in [-0.2, -0.15) is 0 Å². The Hall–Kier alpha value is -3.44. The second-order valence-electron chi connectivity index (χ2n) is 7.81. The van der Waals surface area contributed by atoms with Crippen LogP contribution < -0.4 is 4.90 Å². The molecule has 3 aromatic rings. The van der Waals surface area contributed by atoms with Gasteiger partial charge < -0.3 is 9.30 Å². The third kappa shape index (κ3) is 3.62. The summed E-state index contributed by atoms with van der Waals surface area (Å²) in [6.07, 6.45) is 1.91. The van der Waals surface area contributed by atoms with Crippen LogP contribution in [0.1, 0.15) is 38.4 Å². The summed E-state index contributed by atoms with van der Waals surface area (Å²) in [7, 11) is 1.69. The first-order valence-corrected chi connectivity index (χ1v) is 10.3. The Kier molecular flexibility index (Phi) is 5.61. The van der Waals surface area contributed by atoms with E-state index in [-0.39, 0.29) is 11.8 Å². The Morgan fingerprint density at radius 2 is 1.58 bits per heavy atom. The molecule has 0 unspecified atom stereocenters. The fraction of sp³-hybridized carbons (Fsp3) is 0.231. The number of para-hydroxylation sites is 1. The van der Waals surface area contributed by atoms with Crippen LogP contribution in [0.4, 0.5) is 5.69 Å². The van der Waals surface area contributed by atoms with Gasteiger partial charge in [0.2, 0.25) is 0 Å². The van der Waals surface area contributed by atoms with Gasteiger partial charge in [-0.3, -0.25) is 9.59 Å². The summed E-state index contributed by atoms with van der Waals surface area (Å²) in [5, 5.41) is 0. The summed E-state index contributed by atoms with van der Waals surface area (Å²) in [6.45, 7) is 7.35. The number of anilines is 1. The molecule has 2 aromatic carbocycles. The van der Waals surface area contributed by atoms with Gasteiger partial charge in [0.1, 0.15) is 0 Å². The van der Waals surface area contributed by atoms with Crippen LogP contribution in [0.5, 0.6) is 0 Å². The molecule has 2 heterocycles. The molecule has 0 saturated carbocycles. The number of aromatic nitrogens is 1. The summed E-state index contributed by atoms with van der Waals surface area (Å²) >= 11 is 0. The van der Waals surface area contributed by atoms with E-state index in [1.54, 1.807) is 13.2 Å². The summed E-state index contributed by atoms with van der Waals surface area (Å²) in [5.41, 5.74) is 6.34. The number of carbonyl (C=O) groups is 2. The van der Waals surface area contributed by atoms with Crippen LogP contribution in [0.3, 0.4) is 0 Å². The lowest BCUT2D eigenvalue weighted by atomic mass is 9.91. The van der Waals surface area contributed by atoms with E-state index in [0.717, 1.165) is 29.1 Å². The molecule has 0 spiro atoms. The second kappa shape index (κ2) is 8.36. The van der Waals surface area contributed by atoms with Crippen molar-refractivity contribution in [2.24, 2.45) is 0 Å². The summed E-state index contributed by atoms with van der Waals surface area (Å²) < 4.78 is 7.41. The minimum absolute atomic E-state index is 0.294. The predicted octanol–water partition coefficient (Wildman–Crippen LogP) is 4.79. The third-order valence-electron chi connectivity index (χ3n) is 5.87. The number of benzene rings is 2. The maximum absolute atomic E-state index is 13.6. The molecule has 0 radical (unpaired) electrons. The summed E-state index contributed by atoms with van der Waals surface area (Å²) in [6, 6.07) is 16.9. The van der Waals surface area contributed by atoms with E-state index in [0.29, 0.717) is 29.0 Å². The van der Waals surface area contributed by atoms with Gasteiger partial charge in [-0.25, -0.2) is 4.90 Å². The average Bonchev–Trinajstić information content (AvgIpc) is 3.03. The fourth-order valence-corrected chi connectivity index (χ4v) is 4.18. The van der Waals surface area contributed by atoms with Gasteiger partial charge >= 0.3 is 0 Å². The molecule has 1 aliphatic heterocycles. The molecule has 0 N–H and O–H groups in total. The third-order valence-corrected chi connectivity index (χ3v) is 5.87. The molecular weight excluding hydrogens is 388 g/mol. The van der Waals surface area contributed by atoms with Crippen molar-refractivity contribution in [1.29, 1.82) is 0 Å². The first-order chi connectivity index (χ1) is 14.9. The summed E-state index contributed by atoms with van der Waals surface area (Å²) in [4.78, 5) is 28.2. The minimum atomic E-state index is -0.306. The van der Waals surface area contributed by atoms with Gasteiger partial charge in [0.25, 0.3) is 11.8 Å². The molecule has 1 aromatic heterocycles. The number of imide groups is 1. The monoisotopic (exact) mass is 414 g/mol. The smallest absolute Gasteiger partial charge is 0.265 e. The van der Waals surface area contributed by atoms with Crippen molar-refractivity contribution in [2.45, 2.75) is 27.3 Å². The highest BCUT2D eigenvalue weighted by atomic mass is 16.5. The quantitative estimate of drug-likeness (QED) is 0.446. The number of aryl methyl sites for hydroxylation is 2. The largest absolute Gasteiger partial charge is 0.383 e. The van der Waals surface area contributed by atoms with Crippen molar-refractivity contribution in [3.8, 4) is 0 Å². The number of ether oxygens (including phenoxy) is 1. The van der Waals surface area contributed by atoms with Gasteiger partial charge in [0, 0.05) is 36.2 Å². The number of rotatable bonds is 5. The Morgan fingerprint density at radius 3 is 2.29 bits per heavy atom. The van der Waals surface area contributed by atoms with Gasteiger partial charge in [-0.05, 0) is 61.7 Å². The van der Waals surface area contributed by atoms with E-state index in [4.69, 9.17) is 4.74 Å². The second-order valence-corrected chi connectivity index (χ2v) is 7.81.